The molecule has 0 saturated heterocycles. The lowest BCUT2D eigenvalue weighted by atomic mass is 10.2. The van der Waals surface area contributed by atoms with E-state index in [1.807, 2.05) is 5.01 Å². The highest BCUT2D eigenvalue weighted by Gasteiger charge is 2.12. The zero-order valence-corrected chi connectivity index (χ0v) is 8.98. The van der Waals surface area contributed by atoms with E-state index in [1.54, 1.807) is 6.34 Å². The summed E-state index contributed by atoms with van der Waals surface area (Å²) in [7, 11) is 1.35. The molecule has 0 amide bonds. The summed E-state index contributed by atoms with van der Waals surface area (Å²) in [6, 6.07) is -0.510. The van der Waals surface area contributed by atoms with Crippen LogP contribution >= 0.6 is 0 Å². The monoisotopic (exact) mass is 214 g/mol. The first-order chi connectivity index (χ1) is 7.24. The Morgan fingerprint density at radius 3 is 3.20 bits per heavy atom. The van der Waals surface area contributed by atoms with Crippen LogP contribution in [0.4, 0.5) is 0 Å². The maximum atomic E-state index is 11.0. The molecule has 1 aliphatic rings. The Bertz CT molecular complexity index is 232. The van der Waals surface area contributed by atoms with Gasteiger partial charge in [0.1, 0.15) is 6.04 Å². The second-order valence-electron chi connectivity index (χ2n) is 3.40. The summed E-state index contributed by atoms with van der Waals surface area (Å²) in [6.45, 7) is 2.54. The van der Waals surface area contributed by atoms with Gasteiger partial charge in [-0.2, -0.15) is 0 Å². The zero-order chi connectivity index (χ0) is 11.1. The van der Waals surface area contributed by atoms with Crippen molar-refractivity contribution in [2.45, 2.75) is 18.9 Å². The molecule has 86 valence electrons. The smallest absolute Gasteiger partial charge is 0.322 e. The number of nitrogens with one attached hydrogen (secondary N) is 1. The van der Waals surface area contributed by atoms with Crippen molar-refractivity contribution in [3.63, 3.8) is 0 Å². The summed E-state index contributed by atoms with van der Waals surface area (Å²) in [6.07, 6.45) is 3.24. The molecule has 1 heterocycles. The van der Waals surface area contributed by atoms with Gasteiger partial charge in [-0.15, -0.1) is 0 Å². The lowest BCUT2D eigenvalue weighted by Crippen LogP contribution is -2.37. The topological polar surface area (TPSA) is 79.9 Å². The zero-order valence-electron chi connectivity index (χ0n) is 8.98. The van der Waals surface area contributed by atoms with Crippen LogP contribution in [0.15, 0.2) is 4.99 Å². The van der Waals surface area contributed by atoms with Crippen molar-refractivity contribution in [2.75, 3.05) is 26.7 Å². The Balaban J connectivity index is 2.01. The third kappa shape index (κ3) is 4.26. The number of hydrazine groups is 1. The first-order valence-corrected chi connectivity index (χ1v) is 5.07. The number of methoxy groups -OCH3 is 1. The maximum absolute atomic E-state index is 11.0. The summed E-state index contributed by atoms with van der Waals surface area (Å²) in [5.74, 6) is -0.349. The molecule has 0 spiro atoms. The first kappa shape index (κ1) is 11.9. The maximum Gasteiger partial charge on any atom is 0.322 e. The molecule has 3 N–H and O–H groups in total. The fraction of sp³-hybridized carbons (Fsp3) is 0.778. The lowest BCUT2D eigenvalue weighted by molar-refractivity contribution is -0.142. The molecule has 0 aliphatic carbocycles. The van der Waals surface area contributed by atoms with Crippen LogP contribution in [0.5, 0.6) is 0 Å². The molecule has 6 heteroatoms. The highest BCUT2D eigenvalue weighted by atomic mass is 16.5. The summed E-state index contributed by atoms with van der Waals surface area (Å²) in [5.41, 5.74) is 8.75. The minimum atomic E-state index is -0.510. The molecule has 0 bridgehead atoms. The van der Waals surface area contributed by atoms with Gasteiger partial charge in [0.05, 0.1) is 26.5 Å². The van der Waals surface area contributed by atoms with E-state index in [0.717, 1.165) is 26.1 Å². The fourth-order valence-electron chi connectivity index (χ4n) is 1.31. The average Bonchev–Trinajstić information content (AvgIpc) is 2.75. The summed E-state index contributed by atoms with van der Waals surface area (Å²) >= 11 is 0. The molecule has 0 aromatic rings. The molecule has 0 radical (unpaired) electrons. The minimum absolute atomic E-state index is 0.349. The third-order valence-corrected chi connectivity index (χ3v) is 2.20. The second-order valence-corrected chi connectivity index (χ2v) is 3.40. The largest absolute Gasteiger partial charge is 0.468 e. The van der Waals surface area contributed by atoms with Crippen LogP contribution in [-0.4, -0.2) is 50.1 Å². The van der Waals surface area contributed by atoms with Gasteiger partial charge in [-0.3, -0.25) is 14.8 Å². The third-order valence-electron chi connectivity index (χ3n) is 2.20. The van der Waals surface area contributed by atoms with Crippen LogP contribution in [0.2, 0.25) is 0 Å². The average molecular weight is 214 g/mol. The first-order valence-electron chi connectivity index (χ1n) is 5.07. The van der Waals surface area contributed by atoms with E-state index in [9.17, 15) is 4.79 Å². The SMILES string of the molecule is COC(=O)[C@H](N)CCCNN1C=NCC1. The molecule has 1 atom stereocenters. The number of nitrogens with zero attached hydrogens (tertiary/aromatic N) is 2. The van der Waals surface area contributed by atoms with Crippen molar-refractivity contribution in [1.29, 1.82) is 0 Å². The van der Waals surface area contributed by atoms with Gasteiger partial charge < -0.3 is 10.5 Å². The van der Waals surface area contributed by atoms with Crippen LogP contribution in [-0.2, 0) is 9.53 Å². The summed E-state index contributed by atoms with van der Waals surface area (Å²) < 4.78 is 4.53. The van der Waals surface area contributed by atoms with E-state index in [2.05, 4.69) is 15.2 Å². The van der Waals surface area contributed by atoms with E-state index >= 15 is 0 Å². The molecule has 15 heavy (non-hydrogen) atoms. The summed E-state index contributed by atoms with van der Waals surface area (Å²) in [4.78, 5) is 15.0. The number of hydrogen-bond acceptors (Lipinski definition) is 6. The summed E-state index contributed by atoms with van der Waals surface area (Å²) in [5, 5.41) is 1.93. The molecule has 6 nitrogen and oxygen atoms in total. The van der Waals surface area contributed by atoms with Crippen LogP contribution in [0.1, 0.15) is 12.8 Å². The van der Waals surface area contributed by atoms with Crippen molar-refractivity contribution in [3.05, 3.63) is 0 Å². The number of ether oxygens (including phenoxy) is 1. The Hall–Kier alpha value is -1.14. The van der Waals surface area contributed by atoms with Crippen LogP contribution in [0, 0.1) is 0 Å². The van der Waals surface area contributed by atoms with Gasteiger partial charge in [-0.05, 0) is 12.8 Å². The molecular weight excluding hydrogens is 196 g/mol. The van der Waals surface area contributed by atoms with Gasteiger partial charge in [-0.1, -0.05) is 0 Å². The highest BCUT2D eigenvalue weighted by molar-refractivity contribution is 5.75. The Labute approximate surface area is 89.4 Å². The molecule has 1 rings (SSSR count). The minimum Gasteiger partial charge on any atom is -0.468 e. The standard InChI is InChI=1S/C9H18N4O2/c1-15-9(14)8(10)3-2-4-12-13-6-5-11-7-13/h7-8,12H,2-6,10H2,1H3/t8-/m1/s1. The van der Waals surface area contributed by atoms with Gasteiger partial charge >= 0.3 is 5.97 Å². The predicted octanol–water partition coefficient (Wildman–Crippen LogP) is -0.885. The van der Waals surface area contributed by atoms with Crippen molar-refractivity contribution in [2.24, 2.45) is 10.7 Å². The molecule has 1 aliphatic heterocycles. The number of carbonyl (C=O) groups is 1. The van der Waals surface area contributed by atoms with Crippen LogP contribution in [0.3, 0.4) is 0 Å². The fourth-order valence-corrected chi connectivity index (χ4v) is 1.31. The predicted molar refractivity (Wildman–Crippen MR) is 57.3 cm³/mol. The molecule has 0 unspecified atom stereocenters. The van der Waals surface area contributed by atoms with Gasteiger partial charge in [0.2, 0.25) is 0 Å². The molecule has 0 aromatic heterocycles. The van der Waals surface area contributed by atoms with Crippen molar-refractivity contribution < 1.29 is 9.53 Å². The molecule has 0 saturated carbocycles. The van der Waals surface area contributed by atoms with Crippen LogP contribution in [0.25, 0.3) is 0 Å². The van der Waals surface area contributed by atoms with E-state index < -0.39 is 6.04 Å². The van der Waals surface area contributed by atoms with Crippen molar-refractivity contribution in [3.8, 4) is 0 Å². The Morgan fingerprint density at radius 2 is 2.60 bits per heavy atom. The number of esters is 1. The number of nitrogens with two attached hydrogens (primary N) is 1. The van der Waals surface area contributed by atoms with E-state index in [-0.39, 0.29) is 5.97 Å². The number of aliphatic imine (C=N–C) groups is 1. The van der Waals surface area contributed by atoms with E-state index in [1.165, 1.54) is 7.11 Å². The molecule has 0 fully saturated rings. The molecular formula is C9H18N4O2. The Kier molecular flexibility index (Phi) is 5.06. The quantitative estimate of drug-likeness (QED) is 0.443. The second kappa shape index (κ2) is 6.36. The van der Waals surface area contributed by atoms with E-state index in [0.29, 0.717) is 6.42 Å². The normalized spacial score (nSPS) is 16.8. The van der Waals surface area contributed by atoms with Gasteiger partial charge in [0.15, 0.2) is 0 Å². The number of rotatable bonds is 6. The Morgan fingerprint density at radius 1 is 1.80 bits per heavy atom. The van der Waals surface area contributed by atoms with Gasteiger partial charge in [-0.25, -0.2) is 5.43 Å². The molecule has 0 aromatic carbocycles. The highest BCUT2D eigenvalue weighted by Crippen LogP contribution is 1.96. The lowest BCUT2D eigenvalue weighted by Gasteiger charge is -2.15. The number of hydrogen-bond donors (Lipinski definition) is 2. The van der Waals surface area contributed by atoms with E-state index in [4.69, 9.17) is 5.73 Å². The van der Waals surface area contributed by atoms with Gasteiger partial charge in [0.25, 0.3) is 0 Å². The van der Waals surface area contributed by atoms with Gasteiger partial charge in [0, 0.05) is 6.54 Å². The van der Waals surface area contributed by atoms with Crippen molar-refractivity contribution in [1.82, 2.24) is 10.4 Å². The van der Waals surface area contributed by atoms with Crippen molar-refractivity contribution >= 4 is 12.3 Å². The van der Waals surface area contributed by atoms with Crippen LogP contribution < -0.4 is 11.2 Å². The number of carbonyl (C=O) groups excluding carboxylic acids is 1.